The lowest BCUT2D eigenvalue weighted by Crippen LogP contribution is -2.50. The van der Waals surface area contributed by atoms with E-state index >= 15 is 0 Å². The highest BCUT2D eigenvalue weighted by Gasteiger charge is 2.20. The molecule has 192 valence electrons. The molecule has 1 saturated heterocycles. The summed E-state index contributed by atoms with van der Waals surface area (Å²) in [5.41, 5.74) is 7.09. The summed E-state index contributed by atoms with van der Waals surface area (Å²) in [6.07, 6.45) is 3.53. The molecule has 0 spiro atoms. The summed E-state index contributed by atoms with van der Waals surface area (Å²) >= 11 is 0. The van der Waals surface area contributed by atoms with Gasteiger partial charge in [0, 0.05) is 58.6 Å². The van der Waals surface area contributed by atoms with Crippen molar-refractivity contribution in [2.45, 2.75) is 13.5 Å². The zero-order valence-corrected chi connectivity index (χ0v) is 21.3. The van der Waals surface area contributed by atoms with Crippen molar-refractivity contribution in [1.82, 2.24) is 40.0 Å². The molecule has 0 bridgehead atoms. The van der Waals surface area contributed by atoms with E-state index < -0.39 is 0 Å². The van der Waals surface area contributed by atoms with Crippen LogP contribution in [0.5, 0.6) is 5.88 Å². The Kier molecular flexibility index (Phi) is 9.62. The van der Waals surface area contributed by atoms with Crippen LogP contribution >= 0.6 is 0 Å². The number of hydrazine groups is 1. The molecule has 3 aromatic heterocycles. The molecule has 1 N–H and O–H groups in total. The number of carbonyl (C=O) groups is 2. The predicted octanol–water partition coefficient (Wildman–Crippen LogP) is 1.50. The fourth-order valence-corrected chi connectivity index (χ4v) is 3.67. The van der Waals surface area contributed by atoms with E-state index in [0.29, 0.717) is 24.7 Å². The monoisotopic (exact) mass is 494 g/mol. The van der Waals surface area contributed by atoms with Gasteiger partial charge >= 0.3 is 0 Å². The smallest absolute Gasteiger partial charge is 0.274 e. The van der Waals surface area contributed by atoms with Crippen molar-refractivity contribution in [3.8, 4) is 23.0 Å². The van der Waals surface area contributed by atoms with Gasteiger partial charge in [-0.2, -0.15) is 5.10 Å². The van der Waals surface area contributed by atoms with Crippen LogP contribution < -0.4 is 10.2 Å². The topological polar surface area (TPSA) is 109 Å². The Morgan fingerprint density at radius 3 is 2.44 bits per heavy atom. The number of nitrogens with zero attached hydrogens (tertiary/aromatic N) is 7. The molecule has 0 saturated carbocycles. The van der Waals surface area contributed by atoms with E-state index in [0.717, 1.165) is 48.8 Å². The van der Waals surface area contributed by atoms with Gasteiger partial charge in [-0.05, 0) is 37.7 Å². The third-order valence-corrected chi connectivity index (χ3v) is 6.02. The van der Waals surface area contributed by atoms with Gasteiger partial charge in [-0.1, -0.05) is 6.07 Å². The molecule has 0 atom stereocenters. The highest BCUT2D eigenvalue weighted by Crippen LogP contribution is 2.24. The third-order valence-electron chi connectivity index (χ3n) is 6.02. The number of methoxy groups -OCH3 is 1. The van der Waals surface area contributed by atoms with Crippen molar-refractivity contribution in [1.29, 1.82) is 0 Å². The van der Waals surface area contributed by atoms with Crippen molar-refractivity contribution in [2.24, 2.45) is 0 Å². The molecule has 36 heavy (non-hydrogen) atoms. The summed E-state index contributed by atoms with van der Waals surface area (Å²) in [5.74, 6) is 0.367. The van der Waals surface area contributed by atoms with E-state index in [4.69, 9.17) is 9.53 Å². The molecule has 0 radical (unpaired) electrons. The average molecular weight is 495 g/mol. The van der Waals surface area contributed by atoms with Crippen molar-refractivity contribution < 1.29 is 14.3 Å². The van der Waals surface area contributed by atoms with Crippen molar-refractivity contribution in [3.05, 3.63) is 54.0 Å². The molecule has 1 aliphatic heterocycles. The Bertz CT molecular complexity index is 1110. The van der Waals surface area contributed by atoms with Crippen molar-refractivity contribution in [3.63, 3.8) is 0 Å². The fourth-order valence-electron chi connectivity index (χ4n) is 3.67. The summed E-state index contributed by atoms with van der Waals surface area (Å²) in [4.78, 5) is 33.7. The maximum absolute atomic E-state index is 12.8. The average Bonchev–Trinajstić information content (AvgIpc) is 3.39. The molecule has 0 unspecified atom stereocenters. The van der Waals surface area contributed by atoms with Gasteiger partial charge in [-0.25, -0.2) is 14.7 Å². The molecule has 4 rings (SSSR count). The van der Waals surface area contributed by atoms with Crippen molar-refractivity contribution >= 4 is 12.7 Å². The van der Waals surface area contributed by atoms with E-state index in [-0.39, 0.29) is 5.91 Å². The lowest BCUT2D eigenvalue weighted by molar-refractivity contribution is -0.0980. The van der Waals surface area contributed by atoms with Gasteiger partial charge in [0.2, 0.25) is 5.88 Å². The predicted molar refractivity (Wildman–Crippen MR) is 137 cm³/mol. The maximum Gasteiger partial charge on any atom is 0.274 e. The van der Waals surface area contributed by atoms with E-state index in [1.165, 1.54) is 0 Å². The Morgan fingerprint density at radius 2 is 1.86 bits per heavy atom. The highest BCUT2D eigenvalue weighted by atomic mass is 16.5. The van der Waals surface area contributed by atoms with Crippen LogP contribution in [0.1, 0.15) is 23.0 Å². The normalized spacial score (nSPS) is 14.1. The van der Waals surface area contributed by atoms with Crippen molar-refractivity contribution in [2.75, 3.05) is 53.9 Å². The number of amides is 1. The SMILES string of the molecule is C=O.CCN(C)C(=O)c1cc(-c2ccc(CNN3CCN(C)CC3)cn2)n(-c2ccc(OC)nc2)n1. The van der Waals surface area contributed by atoms with Gasteiger partial charge in [0.1, 0.15) is 6.79 Å². The Morgan fingerprint density at radius 1 is 1.11 bits per heavy atom. The molecule has 11 nitrogen and oxygen atoms in total. The van der Waals surface area contributed by atoms with Gasteiger partial charge in [-0.15, -0.1) is 0 Å². The second-order valence-electron chi connectivity index (χ2n) is 8.38. The number of likely N-dealkylation sites (N-methyl/N-ethyl adjacent to an activating group) is 1. The van der Waals surface area contributed by atoms with Crippen LogP contribution in [0.2, 0.25) is 0 Å². The van der Waals surface area contributed by atoms with Gasteiger partial charge in [0.15, 0.2) is 5.69 Å². The Labute approximate surface area is 211 Å². The largest absolute Gasteiger partial charge is 0.481 e. The first kappa shape index (κ1) is 26.9. The molecule has 0 aromatic carbocycles. The number of aromatic nitrogens is 4. The second-order valence-corrected chi connectivity index (χ2v) is 8.38. The minimum Gasteiger partial charge on any atom is -0.481 e. The van der Waals surface area contributed by atoms with Crippen LogP contribution in [0.4, 0.5) is 0 Å². The first-order chi connectivity index (χ1) is 17.5. The van der Waals surface area contributed by atoms with E-state index in [2.05, 4.69) is 43.5 Å². The lowest BCUT2D eigenvalue weighted by atomic mass is 10.2. The number of carbonyl (C=O) groups excluding carboxylic acids is 2. The minimum absolute atomic E-state index is 0.142. The molecule has 3 aromatic rings. The quantitative estimate of drug-likeness (QED) is 0.498. The Hall–Kier alpha value is -3.67. The number of piperazine rings is 1. The van der Waals surface area contributed by atoms with Gasteiger partial charge in [0.25, 0.3) is 5.91 Å². The summed E-state index contributed by atoms with van der Waals surface area (Å²) in [5, 5.41) is 6.84. The number of pyridine rings is 2. The van der Waals surface area contributed by atoms with Crippen LogP contribution in [0.15, 0.2) is 42.7 Å². The fraction of sp³-hybridized carbons (Fsp3) is 0.400. The van der Waals surface area contributed by atoms with E-state index in [1.54, 1.807) is 42.1 Å². The molecular formula is C25H34N8O3. The third kappa shape index (κ3) is 6.51. The Balaban J connectivity index is 0.00000176. The number of rotatable bonds is 8. The molecule has 1 aliphatic rings. The van der Waals surface area contributed by atoms with Crippen LogP contribution in [-0.2, 0) is 11.3 Å². The minimum atomic E-state index is -0.142. The van der Waals surface area contributed by atoms with Crippen LogP contribution in [-0.4, -0.2) is 101 Å². The summed E-state index contributed by atoms with van der Waals surface area (Å²) in [6, 6.07) is 9.41. The molecule has 11 heteroatoms. The van der Waals surface area contributed by atoms with Crippen LogP contribution in [0, 0.1) is 0 Å². The molecule has 0 aliphatic carbocycles. The maximum atomic E-state index is 12.8. The summed E-state index contributed by atoms with van der Waals surface area (Å²) in [7, 11) is 5.48. The summed E-state index contributed by atoms with van der Waals surface area (Å²) < 4.78 is 6.87. The molecule has 4 heterocycles. The highest BCUT2D eigenvalue weighted by molar-refractivity contribution is 5.93. The van der Waals surface area contributed by atoms with Gasteiger partial charge in [0.05, 0.1) is 30.4 Å². The van der Waals surface area contributed by atoms with Crippen LogP contribution in [0.3, 0.4) is 0 Å². The van der Waals surface area contributed by atoms with E-state index in [1.807, 2.05) is 32.0 Å². The lowest BCUT2D eigenvalue weighted by Gasteiger charge is -2.32. The number of hydrogen-bond donors (Lipinski definition) is 1. The number of nitrogens with one attached hydrogen (secondary N) is 1. The standard InChI is InChI=1S/C24H32N8O2.CH2O/c1-5-30(3)24(33)21-14-22(32(28-21)19-7-9-23(34-4)26-17-19)20-8-6-18(15-25-20)16-27-31-12-10-29(2)11-13-31;1-2/h6-9,14-15,17,27H,5,10-13,16H2,1-4H3;1H2. The van der Waals surface area contributed by atoms with Crippen LogP contribution in [0.25, 0.3) is 17.1 Å². The first-order valence-electron chi connectivity index (χ1n) is 11.8. The number of ether oxygens (including phenoxy) is 1. The number of hydrogen-bond acceptors (Lipinski definition) is 9. The zero-order valence-electron chi connectivity index (χ0n) is 21.3. The van der Waals surface area contributed by atoms with E-state index in [9.17, 15) is 4.79 Å². The molecule has 1 fully saturated rings. The molecular weight excluding hydrogens is 460 g/mol. The molecule has 1 amide bonds. The first-order valence-corrected chi connectivity index (χ1v) is 11.8. The second kappa shape index (κ2) is 12.9. The zero-order chi connectivity index (χ0) is 26.1. The van der Waals surface area contributed by atoms with Gasteiger partial charge < -0.3 is 19.3 Å². The summed E-state index contributed by atoms with van der Waals surface area (Å²) in [6.45, 7) is 9.35. The van der Waals surface area contributed by atoms with Gasteiger partial charge in [-0.3, -0.25) is 15.2 Å².